The van der Waals surface area contributed by atoms with Gasteiger partial charge in [0.05, 0.1) is 5.56 Å². The lowest BCUT2D eigenvalue weighted by atomic mass is 10.1. The fraction of sp³-hybridized carbons (Fsp3) is 0.462. The first-order valence-corrected chi connectivity index (χ1v) is 7.30. The Kier molecular flexibility index (Phi) is 7.15. The van der Waals surface area contributed by atoms with Gasteiger partial charge in [-0.15, -0.1) is 12.4 Å². The Morgan fingerprint density at radius 2 is 2.32 bits per heavy atom. The fourth-order valence-corrected chi connectivity index (χ4v) is 2.73. The molecule has 1 amide bonds. The van der Waals surface area contributed by atoms with Gasteiger partial charge in [0.2, 0.25) is 0 Å². The number of amides is 1. The van der Waals surface area contributed by atoms with Crippen molar-refractivity contribution < 1.29 is 4.79 Å². The largest absolute Gasteiger partial charge is 0.352 e. The van der Waals surface area contributed by atoms with E-state index < -0.39 is 0 Å². The van der Waals surface area contributed by atoms with Crippen molar-refractivity contribution in [3.05, 3.63) is 33.3 Å². The van der Waals surface area contributed by atoms with Crippen molar-refractivity contribution in [1.82, 2.24) is 10.6 Å². The van der Waals surface area contributed by atoms with Crippen LogP contribution < -0.4 is 10.6 Å². The summed E-state index contributed by atoms with van der Waals surface area (Å²) >= 11 is 9.25. The third kappa shape index (κ3) is 4.95. The fourth-order valence-electron chi connectivity index (χ4n) is 2.13. The van der Waals surface area contributed by atoms with Gasteiger partial charge in [0.1, 0.15) is 0 Å². The minimum Gasteiger partial charge on any atom is -0.352 e. The normalized spacial score (nSPS) is 17.9. The lowest BCUT2D eigenvalue weighted by Crippen LogP contribution is -2.30. The second kappa shape index (κ2) is 8.10. The smallest absolute Gasteiger partial charge is 0.252 e. The molecule has 0 aromatic heterocycles. The van der Waals surface area contributed by atoms with Crippen LogP contribution in [0.25, 0.3) is 0 Å². The van der Waals surface area contributed by atoms with E-state index in [0.717, 1.165) is 17.4 Å². The first-order valence-electron chi connectivity index (χ1n) is 6.13. The summed E-state index contributed by atoms with van der Waals surface area (Å²) in [5.74, 6) is -0.0811. The number of benzene rings is 1. The molecule has 6 heteroatoms. The Bertz CT molecular complexity index is 437. The predicted molar refractivity (Wildman–Crippen MR) is 84.4 cm³/mol. The molecular weight excluding hydrogens is 351 g/mol. The summed E-state index contributed by atoms with van der Waals surface area (Å²) in [5, 5.41) is 6.91. The van der Waals surface area contributed by atoms with Crippen LogP contribution in [0.5, 0.6) is 0 Å². The molecule has 0 bridgehead atoms. The second-order valence-corrected chi connectivity index (χ2v) is 5.75. The maximum atomic E-state index is 12.0. The highest BCUT2D eigenvalue weighted by molar-refractivity contribution is 9.10. The molecule has 1 saturated heterocycles. The first kappa shape index (κ1) is 16.8. The van der Waals surface area contributed by atoms with Crippen LogP contribution in [0.1, 0.15) is 29.6 Å². The highest BCUT2D eigenvalue weighted by Crippen LogP contribution is 2.21. The molecular formula is C13H17BrCl2N2O. The quantitative estimate of drug-likeness (QED) is 0.856. The number of halogens is 3. The van der Waals surface area contributed by atoms with E-state index in [9.17, 15) is 4.79 Å². The summed E-state index contributed by atoms with van der Waals surface area (Å²) in [6, 6.07) is 5.77. The lowest BCUT2D eigenvalue weighted by Gasteiger charge is -2.11. The highest BCUT2D eigenvalue weighted by Gasteiger charge is 2.15. The van der Waals surface area contributed by atoms with Crippen LogP contribution in [0.15, 0.2) is 22.7 Å². The zero-order chi connectivity index (χ0) is 13.0. The van der Waals surface area contributed by atoms with Crippen LogP contribution >= 0.6 is 39.9 Å². The molecule has 1 aromatic carbocycles. The van der Waals surface area contributed by atoms with Gasteiger partial charge in [0, 0.05) is 22.1 Å². The van der Waals surface area contributed by atoms with Gasteiger partial charge >= 0.3 is 0 Å². The van der Waals surface area contributed by atoms with E-state index in [4.69, 9.17) is 11.6 Å². The molecule has 0 aliphatic carbocycles. The van der Waals surface area contributed by atoms with Crippen molar-refractivity contribution in [2.75, 3.05) is 13.1 Å². The summed E-state index contributed by atoms with van der Waals surface area (Å²) in [6.45, 7) is 1.79. The Morgan fingerprint density at radius 1 is 1.53 bits per heavy atom. The topological polar surface area (TPSA) is 41.1 Å². The second-order valence-electron chi connectivity index (χ2n) is 4.46. The van der Waals surface area contributed by atoms with Crippen LogP contribution in [0, 0.1) is 0 Å². The molecule has 0 saturated carbocycles. The average Bonchev–Trinajstić information content (AvgIpc) is 2.85. The third-order valence-electron chi connectivity index (χ3n) is 3.11. The zero-order valence-electron chi connectivity index (χ0n) is 10.4. The third-order valence-corrected chi connectivity index (χ3v) is 4.04. The van der Waals surface area contributed by atoms with Crippen molar-refractivity contribution in [2.45, 2.75) is 25.3 Å². The summed E-state index contributed by atoms with van der Waals surface area (Å²) < 4.78 is 0.767. The SMILES string of the molecule is Cl.O=C(NCC[C@H]1CCCN1)c1cc(Cl)ccc1Br. The molecule has 0 spiro atoms. The molecule has 1 fully saturated rings. The summed E-state index contributed by atoms with van der Waals surface area (Å²) in [5.41, 5.74) is 0.585. The van der Waals surface area contributed by atoms with E-state index in [2.05, 4.69) is 26.6 Å². The number of rotatable bonds is 4. The monoisotopic (exact) mass is 366 g/mol. The summed E-state index contributed by atoms with van der Waals surface area (Å²) in [7, 11) is 0. The molecule has 1 atom stereocenters. The zero-order valence-corrected chi connectivity index (χ0v) is 13.6. The minimum atomic E-state index is -0.0811. The van der Waals surface area contributed by atoms with Gasteiger partial charge in [-0.25, -0.2) is 0 Å². The number of carbonyl (C=O) groups excluding carboxylic acids is 1. The Balaban J connectivity index is 0.00000180. The van der Waals surface area contributed by atoms with Crippen molar-refractivity contribution in [3.63, 3.8) is 0 Å². The van der Waals surface area contributed by atoms with E-state index in [1.807, 2.05) is 0 Å². The molecule has 0 unspecified atom stereocenters. The van der Waals surface area contributed by atoms with Crippen LogP contribution in [-0.2, 0) is 0 Å². The standard InChI is InChI=1S/C13H16BrClN2O.ClH/c14-12-4-3-9(15)8-11(12)13(18)17-7-5-10-2-1-6-16-10;/h3-4,8,10,16H,1-2,5-7H2,(H,17,18);1H/t10-;/m1./s1. The van der Waals surface area contributed by atoms with Gasteiger partial charge < -0.3 is 10.6 Å². The molecule has 0 radical (unpaired) electrons. The lowest BCUT2D eigenvalue weighted by molar-refractivity contribution is 0.0951. The predicted octanol–water partition coefficient (Wildman–Crippen LogP) is 3.40. The van der Waals surface area contributed by atoms with Crippen LogP contribution in [0.4, 0.5) is 0 Å². The molecule has 1 heterocycles. The minimum absolute atomic E-state index is 0. The van der Waals surface area contributed by atoms with Gasteiger partial charge in [-0.2, -0.15) is 0 Å². The summed E-state index contributed by atoms with van der Waals surface area (Å²) in [6.07, 6.45) is 3.42. The Morgan fingerprint density at radius 3 is 3.00 bits per heavy atom. The van der Waals surface area contributed by atoms with E-state index in [-0.39, 0.29) is 18.3 Å². The maximum absolute atomic E-state index is 12.0. The van der Waals surface area contributed by atoms with E-state index in [1.165, 1.54) is 12.8 Å². The van der Waals surface area contributed by atoms with Crippen LogP contribution in [0.3, 0.4) is 0 Å². The molecule has 1 aliphatic heterocycles. The Labute approximate surface area is 133 Å². The van der Waals surface area contributed by atoms with Crippen molar-refractivity contribution in [3.8, 4) is 0 Å². The van der Waals surface area contributed by atoms with Gasteiger partial charge in [0.25, 0.3) is 5.91 Å². The highest BCUT2D eigenvalue weighted by atomic mass is 79.9. The van der Waals surface area contributed by atoms with Crippen molar-refractivity contribution in [1.29, 1.82) is 0 Å². The van der Waals surface area contributed by atoms with E-state index in [1.54, 1.807) is 18.2 Å². The molecule has 19 heavy (non-hydrogen) atoms. The van der Waals surface area contributed by atoms with Crippen LogP contribution in [-0.4, -0.2) is 25.0 Å². The van der Waals surface area contributed by atoms with Gasteiger partial charge in [-0.05, 0) is 59.9 Å². The van der Waals surface area contributed by atoms with E-state index >= 15 is 0 Å². The van der Waals surface area contributed by atoms with Crippen molar-refractivity contribution >= 4 is 45.8 Å². The molecule has 106 valence electrons. The maximum Gasteiger partial charge on any atom is 0.252 e. The Hall–Kier alpha value is -0.290. The molecule has 3 nitrogen and oxygen atoms in total. The first-order chi connectivity index (χ1) is 8.66. The number of hydrogen-bond acceptors (Lipinski definition) is 2. The van der Waals surface area contributed by atoms with Gasteiger partial charge in [-0.1, -0.05) is 11.6 Å². The molecule has 1 aromatic rings. The van der Waals surface area contributed by atoms with Crippen LogP contribution in [0.2, 0.25) is 5.02 Å². The van der Waals surface area contributed by atoms with Gasteiger partial charge in [0.15, 0.2) is 0 Å². The number of nitrogens with one attached hydrogen (secondary N) is 2. The molecule has 1 aliphatic rings. The summed E-state index contributed by atoms with van der Waals surface area (Å²) in [4.78, 5) is 12.0. The van der Waals surface area contributed by atoms with Gasteiger partial charge in [-0.3, -0.25) is 4.79 Å². The molecule has 2 N–H and O–H groups in total. The van der Waals surface area contributed by atoms with Crippen molar-refractivity contribution in [2.24, 2.45) is 0 Å². The molecule has 2 rings (SSSR count). The van der Waals surface area contributed by atoms with E-state index in [0.29, 0.717) is 23.2 Å². The number of hydrogen-bond donors (Lipinski definition) is 2. The number of carbonyl (C=O) groups is 1. The average molecular weight is 368 g/mol.